The standard InChI is InChI=1S/C21H26N2O5/c1-13-11-22(8-9-27-13)19(24)12-28-21(25)20-14(2)23(15-4-5-15)18-7-6-16(26-3)10-17(18)20/h6-7,10,13,15H,4-5,8-9,11-12H2,1-3H3. The first-order valence-corrected chi connectivity index (χ1v) is 9.74. The topological polar surface area (TPSA) is 70.0 Å². The van der Waals surface area contributed by atoms with Crippen molar-refractivity contribution < 1.29 is 23.8 Å². The van der Waals surface area contributed by atoms with Crippen molar-refractivity contribution in [1.29, 1.82) is 0 Å². The predicted octanol–water partition coefficient (Wildman–Crippen LogP) is 2.70. The van der Waals surface area contributed by atoms with Gasteiger partial charge in [0.25, 0.3) is 5.91 Å². The second-order valence-corrected chi connectivity index (χ2v) is 7.54. The monoisotopic (exact) mass is 386 g/mol. The van der Waals surface area contributed by atoms with E-state index in [-0.39, 0.29) is 18.6 Å². The van der Waals surface area contributed by atoms with Gasteiger partial charge in [-0.25, -0.2) is 4.79 Å². The Labute approximate surface area is 164 Å². The quantitative estimate of drug-likeness (QED) is 0.739. The fourth-order valence-corrected chi connectivity index (χ4v) is 3.95. The van der Waals surface area contributed by atoms with Gasteiger partial charge in [0.2, 0.25) is 0 Å². The molecule has 1 aliphatic heterocycles. The van der Waals surface area contributed by atoms with Gasteiger partial charge in [-0.1, -0.05) is 0 Å². The molecule has 2 heterocycles. The molecule has 1 atom stereocenters. The smallest absolute Gasteiger partial charge is 0.341 e. The van der Waals surface area contributed by atoms with Gasteiger partial charge in [0, 0.05) is 35.7 Å². The number of ether oxygens (including phenoxy) is 3. The van der Waals surface area contributed by atoms with Gasteiger partial charge in [-0.2, -0.15) is 0 Å². The van der Waals surface area contributed by atoms with E-state index in [4.69, 9.17) is 14.2 Å². The Morgan fingerprint density at radius 2 is 2.07 bits per heavy atom. The second kappa shape index (κ2) is 7.47. The second-order valence-electron chi connectivity index (χ2n) is 7.54. The fraction of sp³-hybridized carbons (Fsp3) is 0.524. The maximum absolute atomic E-state index is 12.9. The molecule has 1 saturated heterocycles. The minimum atomic E-state index is -0.468. The minimum Gasteiger partial charge on any atom is -0.497 e. The lowest BCUT2D eigenvalue weighted by Crippen LogP contribution is -2.46. The van der Waals surface area contributed by atoms with E-state index in [1.165, 1.54) is 0 Å². The van der Waals surface area contributed by atoms with E-state index in [1.807, 2.05) is 32.0 Å². The third-order valence-corrected chi connectivity index (χ3v) is 5.49. The van der Waals surface area contributed by atoms with Crippen LogP contribution in [0, 0.1) is 6.92 Å². The van der Waals surface area contributed by atoms with Gasteiger partial charge >= 0.3 is 5.97 Å². The van der Waals surface area contributed by atoms with Crippen LogP contribution in [0.25, 0.3) is 10.9 Å². The normalized spacial score (nSPS) is 19.7. The molecule has 0 spiro atoms. The highest BCUT2D eigenvalue weighted by Gasteiger charge is 2.31. The summed E-state index contributed by atoms with van der Waals surface area (Å²) in [5.41, 5.74) is 2.40. The number of fused-ring (bicyclic) bond motifs is 1. The lowest BCUT2D eigenvalue weighted by molar-refractivity contribution is -0.141. The van der Waals surface area contributed by atoms with Gasteiger partial charge in [-0.05, 0) is 44.9 Å². The van der Waals surface area contributed by atoms with Crippen LogP contribution < -0.4 is 4.74 Å². The lowest BCUT2D eigenvalue weighted by atomic mass is 10.1. The zero-order valence-electron chi connectivity index (χ0n) is 16.6. The predicted molar refractivity (Wildman–Crippen MR) is 104 cm³/mol. The molecule has 7 heteroatoms. The Bertz CT molecular complexity index is 915. The molecule has 1 saturated carbocycles. The lowest BCUT2D eigenvalue weighted by Gasteiger charge is -2.30. The molecular weight excluding hydrogens is 360 g/mol. The van der Waals surface area contributed by atoms with E-state index < -0.39 is 5.97 Å². The zero-order chi connectivity index (χ0) is 19.8. The molecule has 0 N–H and O–H groups in total. The van der Waals surface area contributed by atoms with Crippen molar-refractivity contribution in [2.45, 2.75) is 38.8 Å². The molecule has 0 bridgehead atoms. The number of morpholine rings is 1. The maximum atomic E-state index is 12.9. The van der Waals surface area contributed by atoms with Crippen molar-refractivity contribution in [2.75, 3.05) is 33.4 Å². The third kappa shape index (κ3) is 3.46. The fourth-order valence-electron chi connectivity index (χ4n) is 3.95. The molecule has 1 aliphatic carbocycles. The van der Waals surface area contributed by atoms with E-state index in [9.17, 15) is 9.59 Å². The van der Waals surface area contributed by atoms with Gasteiger partial charge < -0.3 is 23.7 Å². The largest absolute Gasteiger partial charge is 0.497 e. The van der Waals surface area contributed by atoms with Gasteiger partial charge in [0.05, 0.1) is 25.4 Å². The summed E-state index contributed by atoms with van der Waals surface area (Å²) in [7, 11) is 1.60. The molecule has 150 valence electrons. The molecule has 2 aromatic rings. The molecule has 28 heavy (non-hydrogen) atoms. The third-order valence-electron chi connectivity index (χ3n) is 5.49. The van der Waals surface area contributed by atoms with Crippen molar-refractivity contribution in [3.8, 4) is 5.75 Å². The molecule has 7 nitrogen and oxygen atoms in total. The van der Waals surface area contributed by atoms with E-state index in [0.29, 0.717) is 37.1 Å². The molecule has 1 aromatic heterocycles. The summed E-state index contributed by atoms with van der Waals surface area (Å²) < 4.78 is 18.4. The Balaban J connectivity index is 1.56. The number of hydrogen-bond acceptors (Lipinski definition) is 5. The van der Waals surface area contributed by atoms with Crippen LogP contribution in [0.3, 0.4) is 0 Å². The van der Waals surface area contributed by atoms with Crippen LogP contribution in [0.1, 0.15) is 41.9 Å². The van der Waals surface area contributed by atoms with Gasteiger partial charge in [0.1, 0.15) is 5.75 Å². The molecule has 1 aromatic carbocycles. The van der Waals surface area contributed by atoms with Crippen molar-refractivity contribution in [3.63, 3.8) is 0 Å². The summed E-state index contributed by atoms with van der Waals surface area (Å²) in [5.74, 6) is 0.0300. The summed E-state index contributed by atoms with van der Waals surface area (Å²) in [6.45, 7) is 5.16. The van der Waals surface area contributed by atoms with Crippen LogP contribution in [-0.2, 0) is 14.3 Å². The number of hydrogen-bond donors (Lipinski definition) is 0. The SMILES string of the molecule is COc1ccc2c(c1)c(C(=O)OCC(=O)N1CCOC(C)C1)c(C)n2C1CC1. The minimum absolute atomic E-state index is 0.000344. The maximum Gasteiger partial charge on any atom is 0.341 e. The van der Waals surface area contributed by atoms with Crippen molar-refractivity contribution in [2.24, 2.45) is 0 Å². The van der Waals surface area contributed by atoms with E-state index >= 15 is 0 Å². The average Bonchev–Trinajstić information content (AvgIpc) is 3.48. The summed E-state index contributed by atoms with van der Waals surface area (Å²) in [6.07, 6.45) is 2.22. The summed E-state index contributed by atoms with van der Waals surface area (Å²) >= 11 is 0. The number of aromatic nitrogens is 1. The Morgan fingerprint density at radius 3 is 2.75 bits per heavy atom. The zero-order valence-corrected chi connectivity index (χ0v) is 16.6. The Morgan fingerprint density at radius 1 is 1.29 bits per heavy atom. The van der Waals surface area contributed by atoms with Crippen LogP contribution in [0.2, 0.25) is 0 Å². The average molecular weight is 386 g/mol. The number of methoxy groups -OCH3 is 1. The van der Waals surface area contributed by atoms with E-state index in [2.05, 4.69) is 4.57 Å². The van der Waals surface area contributed by atoms with Gasteiger partial charge in [0.15, 0.2) is 6.61 Å². The highest BCUT2D eigenvalue weighted by atomic mass is 16.5. The number of benzene rings is 1. The summed E-state index contributed by atoms with van der Waals surface area (Å²) in [4.78, 5) is 27.0. The Kier molecular flexibility index (Phi) is 5.02. The highest BCUT2D eigenvalue weighted by molar-refractivity contribution is 6.07. The number of amides is 1. The Hall–Kier alpha value is -2.54. The first kappa shape index (κ1) is 18.8. The summed E-state index contributed by atoms with van der Waals surface area (Å²) in [6, 6.07) is 6.17. The number of carbonyl (C=O) groups excluding carboxylic acids is 2. The molecule has 4 rings (SSSR count). The van der Waals surface area contributed by atoms with Crippen molar-refractivity contribution >= 4 is 22.8 Å². The van der Waals surface area contributed by atoms with Crippen LogP contribution in [0.15, 0.2) is 18.2 Å². The van der Waals surface area contributed by atoms with Crippen LogP contribution in [0.4, 0.5) is 0 Å². The van der Waals surface area contributed by atoms with Crippen LogP contribution >= 0.6 is 0 Å². The van der Waals surface area contributed by atoms with Crippen molar-refractivity contribution in [1.82, 2.24) is 9.47 Å². The molecule has 1 amide bonds. The number of nitrogens with zero attached hydrogens (tertiary/aromatic N) is 2. The number of carbonyl (C=O) groups is 2. The number of rotatable bonds is 5. The highest BCUT2D eigenvalue weighted by Crippen LogP contribution is 2.42. The molecular formula is C21H26N2O5. The van der Waals surface area contributed by atoms with E-state index in [0.717, 1.165) is 29.4 Å². The first-order chi connectivity index (χ1) is 13.5. The van der Waals surface area contributed by atoms with Gasteiger partial charge in [-0.3, -0.25) is 4.79 Å². The molecule has 0 radical (unpaired) electrons. The van der Waals surface area contributed by atoms with E-state index in [1.54, 1.807) is 12.0 Å². The van der Waals surface area contributed by atoms with Gasteiger partial charge in [-0.15, -0.1) is 0 Å². The molecule has 2 aliphatic rings. The first-order valence-electron chi connectivity index (χ1n) is 9.74. The van der Waals surface area contributed by atoms with Crippen LogP contribution in [-0.4, -0.2) is 60.9 Å². The molecule has 2 fully saturated rings. The van der Waals surface area contributed by atoms with Crippen LogP contribution in [0.5, 0.6) is 5.75 Å². The van der Waals surface area contributed by atoms with Crippen molar-refractivity contribution in [3.05, 3.63) is 29.5 Å². The summed E-state index contributed by atoms with van der Waals surface area (Å²) in [5, 5.41) is 0.807. The molecule has 1 unspecified atom stereocenters. The number of esters is 1.